The number of rotatable bonds is 4. The van der Waals surface area contributed by atoms with Crippen LogP contribution in [-0.2, 0) is 4.84 Å². The van der Waals surface area contributed by atoms with Gasteiger partial charge in [0.05, 0.1) is 15.5 Å². The van der Waals surface area contributed by atoms with Crippen molar-refractivity contribution >= 4 is 40.0 Å². The normalized spacial score (nSPS) is 11.1. The molecule has 0 aliphatic heterocycles. The molecular formula is C14H8Cl2N2O4. The van der Waals surface area contributed by atoms with Gasteiger partial charge in [-0.1, -0.05) is 46.6 Å². The molecule has 2 aromatic rings. The molecular weight excluding hydrogens is 331 g/mol. The van der Waals surface area contributed by atoms with Gasteiger partial charge in [-0.3, -0.25) is 10.1 Å². The van der Waals surface area contributed by atoms with Crippen LogP contribution in [0.25, 0.3) is 0 Å². The van der Waals surface area contributed by atoms with Gasteiger partial charge in [0.1, 0.15) is 0 Å². The maximum absolute atomic E-state index is 11.8. The molecule has 0 aromatic heterocycles. The van der Waals surface area contributed by atoms with Gasteiger partial charge in [-0.2, -0.15) is 0 Å². The lowest BCUT2D eigenvalue weighted by Crippen LogP contribution is -2.03. The number of carbonyl (C=O) groups is 1. The van der Waals surface area contributed by atoms with Crippen LogP contribution < -0.4 is 0 Å². The largest absolute Gasteiger partial charge is 0.365 e. The number of halogens is 2. The second-order valence-electron chi connectivity index (χ2n) is 4.04. The van der Waals surface area contributed by atoms with E-state index in [4.69, 9.17) is 23.2 Å². The summed E-state index contributed by atoms with van der Waals surface area (Å²) in [5, 5.41) is 14.3. The van der Waals surface area contributed by atoms with Crippen LogP contribution in [0.15, 0.2) is 53.7 Å². The molecule has 2 aromatic carbocycles. The number of oxime groups is 1. The zero-order valence-electron chi connectivity index (χ0n) is 10.9. The number of benzene rings is 2. The highest BCUT2D eigenvalue weighted by Gasteiger charge is 2.12. The van der Waals surface area contributed by atoms with Crippen LogP contribution in [-0.4, -0.2) is 16.1 Å². The average Bonchev–Trinajstić information content (AvgIpc) is 2.52. The van der Waals surface area contributed by atoms with Crippen molar-refractivity contribution in [1.82, 2.24) is 0 Å². The van der Waals surface area contributed by atoms with Crippen LogP contribution in [0.3, 0.4) is 0 Å². The van der Waals surface area contributed by atoms with Crippen LogP contribution in [0, 0.1) is 10.1 Å². The van der Waals surface area contributed by atoms with Crippen molar-refractivity contribution in [2.24, 2.45) is 5.16 Å². The summed E-state index contributed by atoms with van der Waals surface area (Å²) in [6, 6.07) is 11.6. The average molecular weight is 339 g/mol. The van der Waals surface area contributed by atoms with Crippen molar-refractivity contribution in [3.05, 3.63) is 74.8 Å². The minimum atomic E-state index is -0.792. The van der Waals surface area contributed by atoms with Gasteiger partial charge in [0.25, 0.3) is 5.69 Å². The Hall–Kier alpha value is -2.44. The number of nitro benzene ring substituents is 1. The summed E-state index contributed by atoms with van der Waals surface area (Å²) in [6.45, 7) is 0. The van der Waals surface area contributed by atoms with Gasteiger partial charge in [-0.15, -0.1) is 0 Å². The number of hydrogen-bond acceptors (Lipinski definition) is 5. The molecule has 0 unspecified atom stereocenters. The lowest BCUT2D eigenvalue weighted by Gasteiger charge is -2.01. The first-order valence-electron chi connectivity index (χ1n) is 5.93. The maximum Gasteiger partial charge on any atom is 0.365 e. The zero-order valence-corrected chi connectivity index (χ0v) is 12.4. The van der Waals surface area contributed by atoms with Crippen molar-refractivity contribution in [2.45, 2.75) is 0 Å². The van der Waals surface area contributed by atoms with Crippen molar-refractivity contribution in [3.63, 3.8) is 0 Å². The first-order valence-corrected chi connectivity index (χ1v) is 6.69. The summed E-state index contributed by atoms with van der Waals surface area (Å²) < 4.78 is 0. The van der Waals surface area contributed by atoms with E-state index in [1.807, 2.05) is 0 Å². The third-order valence-corrected chi connectivity index (χ3v) is 3.22. The Morgan fingerprint density at radius 3 is 2.36 bits per heavy atom. The topological polar surface area (TPSA) is 81.8 Å². The number of carbonyl (C=O) groups excluding carboxylic acids is 1. The first kappa shape index (κ1) is 15.9. The molecule has 0 fully saturated rings. The standard InChI is InChI=1S/C14H8Cl2N2O4/c15-12-4-2-1-3-11(12)13(16)17-22-14(19)9-5-7-10(8-6-9)18(20)21/h1-8H. The summed E-state index contributed by atoms with van der Waals surface area (Å²) in [5.74, 6) is -0.792. The van der Waals surface area contributed by atoms with E-state index >= 15 is 0 Å². The number of hydrogen-bond donors (Lipinski definition) is 0. The molecule has 2 rings (SSSR count). The van der Waals surface area contributed by atoms with E-state index in [-0.39, 0.29) is 16.4 Å². The Morgan fingerprint density at radius 2 is 1.77 bits per heavy atom. The molecule has 0 N–H and O–H groups in total. The van der Waals surface area contributed by atoms with Gasteiger partial charge in [0.15, 0.2) is 5.17 Å². The lowest BCUT2D eigenvalue weighted by atomic mass is 10.2. The van der Waals surface area contributed by atoms with Gasteiger partial charge in [0.2, 0.25) is 0 Å². The molecule has 0 aliphatic carbocycles. The van der Waals surface area contributed by atoms with Gasteiger partial charge in [-0.05, 0) is 18.2 Å². The fourth-order valence-electron chi connectivity index (χ4n) is 1.53. The van der Waals surface area contributed by atoms with Gasteiger partial charge in [0, 0.05) is 17.7 Å². The Labute approximate surface area is 135 Å². The highest BCUT2D eigenvalue weighted by molar-refractivity contribution is 6.70. The SMILES string of the molecule is O=C(ON=C(Cl)c1ccccc1Cl)c1ccc([N+](=O)[O-])cc1. The molecule has 8 heteroatoms. The zero-order chi connectivity index (χ0) is 16.1. The summed E-state index contributed by atoms with van der Waals surface area (Å²) in [4.78, 5) is 26.4. The Bertz CT molecular complexity index is 745. The molecule has 0 amide bonds. The number of nitro groups is 1. The molecule has 112 valence electrons. The number of nitrogens with zero attached hydrogens (tertiary/aromatic N) is 2. The van der Waals surface area contributed by atoms with Crippen LogP contribution in [0.4, 0.5) is 5.69 Å². The van der Waals surface area contributed by atoms with E-state index < -0.39 is 10.9 Å². The molecule has 6 nitrogen and oxygen atoms in total. The third-order valence-electron chi connectivity index (χ3n) is 2.62. The van der Waals surface area contributed by atoms with Crippen molar-refractivity contribution in [1.29, 1.82) is 0 Å². The maximum atomic E-state index is 11.8. The second kappa shape index (κ2) is 7.02. The molecule has 0 radical (unpaired) electrons. The molecule has 0 atom stereocenters. The first-order chi connectivity index (χ1) is 10.5. The molecule has 0 aliphatic rings. The molecule has 0 saturated heterocycles. The highest BCUT2D eigenvalue weighted by Crippen LogP contribution is 2.18. The van der Waals surface area contributed by atoms with Crippen LogP contribution in [0.2, 0.25) is 5.02 Å². The molecule has 0 heterocycles. The van der Waals surface area contributed by atoms with E-state index in [0.29, 0.717) is 10.6 Å². The summed E-state index contributed by atoms with van der Waals surface area (Å²) in [5.41, 5.74) is 0.398. The monoisotopic (exact) mass is 338 g/mol. The molecule has 0 saturated carbocycles. The van der Waals surface area contributed by atoms with Crippen molar-refractivity contribution in [2.75, 3.05) is 0 Å². The van der Waals surface area contributed by atoms with Crippen LogP contribution in [0.1, 0.15) is 15.9 Å². The predicted molar refractivity (Wildman–Crippen MR) is 82.4 cm³/mol. The van der Waals surface area contributed by atoms with Crippen molar-refractivity contribution < 1.29 is 14.6 Å². The van der Waals surface area contributed by atoms with Gasteiger partial charge >= 0.3 is 5.97 Å². The fraction of sp³-hybridized carbons (Fsp3) is 0. The Kier molecular flexibility index (Phi) is 5.08. The quantitative estimate of drug-likeness (QED) is 0.365. The predicted octanol–water partition coefficient (Wildman–Crippen LogP) is 4.01. The van der Waals surface area contributed by atoms with E-state index in [0.717, 1.165) is 0 Å². The van der Waals surface area contributed by atoms with Gasteiger partial charge in [-0.25, -0.2) is 4.79 Å². The third kappa shape index (κ3) is 3.81. The fourth-order valence-corrected chi connectivity index (χ4v) is 2.00. The number of non-ortho nitro benzene ring substituents is 1. The van der Waals surface area contributed by atoms with E-state index in [1.165, 1.54) is 24.3 Å². The summed E-state index contributed by atoms with van der Waals surface area (Å²) >= 11 is 11.8. The van der Waals surface area contributed by atoms with E-state index in [9.17, 15) is 14.9 Å². The molecule has 22 heavy (non-hydrogen) atoms. The minimum Gasteiger partial charge on any atom is -0.311 e. The van der Waals surface area contributed by atoms with E-state index in [1.54, 1.807) is 24.3 Å². The van der Waals surface area contributed by atoms with Crippen molar-refractivity contribution in [3.8, 4) is 0 Å². The van der Waals surface area contributed by atoms with Crippen LogP contribution in [0.5, 0.6) is 0 Å². The highest BCUT2D eigenvalue weighted by atomic mass is 35.5. The molecule has 0 bridgehead atoms. The second-order valence-corrected chi connectivity index (χ2v) is 4.81. The van der Waals surface area contributed by atoms with Gasteiger partial charge < -0.3 is 4.84 Å². The summed E-state index contributed by atoms with van der Waals surface area (Å²) in [6.07, 6.45) is 0. The Balaban J connectivity index is 2.10. The lowest BCUT2D eigenvalue weighted by molar-refractivity contribution is -0.384. The van der Waals surface area contributed by atoms with Crippen LogP contribution >= 0.6 is 23.2 Å². The summed E-state index contributed by atoms with van der Waals surface area (Å²) in [7, 11) is 0. The van der Waals surface area contributed by atoms with E-state index in [2.05, 4.69) is 9.99 Å². The smallest absolute Gasteiger partial charge is 0.311 e. The Morgan fingerprint density at radius 1 is 1.14 bits per heavy atom. The molecule has 0 spiro atoms. The minimum absolute atomic E-state index is 0.0825.